The van der Waals surface area contributed by atoms with E-state index in [4.69, 9.17) is 4.74 Å². The molecule has 2 heterocycles. The molecule has 34 heavy (non-hydrogen) atoms. The van der Waals surface area contributed by atoms with Gasteiger partial charge >= 0.3 is 11.9 Å². The summed E-state index contributed by atoms with van der Waals surface area (Å²) in [7, 11) is 1.24. The molecule has 174 valence electrons. The molecule has 1 aromatic heterocycles. The Bertz CT molecular complexity index is 1370. The first-order valence-corrected chi connectivity index (χ1v) is 11.2. The number of aryl methyl sites for hydroxylation is 3. The number of carbonyl (C=O) groups excluding carboxylic acids is 3. The number of nitrogens with zero attached hydrogens (tertiary/aromatic N) is 2. The summed E-state index contributed by atoms with van der Waals surface area (Å²) in [5.74, 6) is -2.79. The van der Waals surface area contributed by atoms with Crippen molar-refractivity contribution in [1.29, 1.82) is 0 Å². The minimum Gasteiger partial charge on any atom is -0.508 e. The molecule has 8 nitrogen and oxygen atoms in total. The second-order valence-electron chi connectivity index (χ2n) is 7.99. The number of aromatic hydroxyl groups is 1. The monoisotopic (exact) mass is 478 g/mol. The van der Waals surface area contributed by atoms with E-state index in [0.717, 1.165) is 27.4 Å². The van der Waals surface area contributed by atoms with Crippen LogP contribution in [0.2, 0.25) is 0 Å². The number of thiazole rings is 1. The fourth-order valence-electron chi connectivity index (χ4n) is 3.94. The number of ether oxygens (including phenoxy) is 1. The van der Waals surface area contributed by atoms with Gasteiger partial charge in [0.15, 0.2) is 5.13 Å². The van der Waals surface area contributed by atoms with Crippen molar-refractivity contribution in [2.45, 2.75) is 26.8 Å². The summed E-state index contributed by atoms with van der Waals surface area (Å²) < 4.78 is 4.79. The lowest BCUT2D eigenvalue weighted by atomic mass is 9.93. The Labute approximate surface area is 199 Å². The zero-order valence-corrected chi connectivity index (χ0v) is 19.8. The molecule has 3 aromatic rings. The van der Waals surface area contributed by atoms with Gasteiger partial charge in [0, 0.05) is 5.56 Å². The molecular weight excluding hydrogens is 456 g/mol. The average molecular weight is 479 g/mol. The van der Waals surface area contributed by atoms with Gasteiger partial charge in [-0.3, -0.25) is 14.5 Å². The minimum atomic E-state index is -1.07. The van der Waals surface area contributed by atoms with Crippen molar-refractivity contribution >= 4 is 39.9 Å². The first kappa shape index (κ1) is 23.2. The van der Waals surface area contributed by atoms with Gasteiger partial charge in [0.25, 0.3) is 5.78 Å². The number of phenols is 1. The van der Waals surface area contributed by atoms with Gasteiger partial charge in [-0.25, -0.2) is 9.78 Å². The van der Waals surface area contributed by atoms with E-state index < -0.39 is 23.7 Å². The Balaban J connectivity index is 1.98. The normalized spacial score (nSPS) is 17.3. The van der Waals surface area contributed by atoms with Crippen molar-refractivity contribution in [3.8, 4) is 5.75 Å². The molecule has 4 rings (SSSR count). The Morgan fingerprint density at radius 1 is 1.12 bits per heavy atom. The van der Waals surface area contributed by atoms with Gasteiger partial charge < -0.3 is 14.9 Å². The molecule has 2 aromatic carbocycles. The van der Waals surface area contributed by atoms with Crippen molar-refractivity contribution in [2.24, 2.45) is 0 Å². The topological polar surface area (TPSA) is 117 Å². The Hall–Kier alpha value is -3.98. The van der Waals surface area contributed by atoms with Crippen molar-refractivity contribution in [3.63, 3.8) is 0 Å². The predicted molar refractivity (Wildman–Crippen MR) is 127 cm³/mol. The van der Waals surface area contributed by atoms with E-state index in [1.54, 1.807) is 32.0 Å². The standard InChI is InChI=1S/C25H22N2O6S/c1-12-8-9-13(2)17(10-12)20(29)18-19(15-6-5-7-16(28)11-15)27(23(31)21(18)30)25-26-14(3)22(34-25)24(32)33-4/h5-11,19,28-29H,1-4H3/b20-18+. The van der Waals surface area contributed by atoms with E-state index in [9.17, 15) is 24.6 Å². The number of carbonyl (C=O) groups is 3. The lowest BCUT2D eigenvalue weighted by Gasteiger charge is -2.23. The highest BCUT2D eigenvalue weighted by atomic mass is 32.1. The molecular formula is C25H22N2O6S. The molecule has 1 aliphatic heterocycles. The third-order valence-electron chi connectivity index (χ3n) is 5.64. The van der Waals surface area contributed by atoms with Crippen LogP contribution >= 0.6 is 11.3 Å². The Morgan fingerprint density at radius 3 is 2.53 bits per heavy atom. The van der Waals surface area contributed by atoms with Crippen molar-refractivity contribution < 1.29 is 29.3 Å². The highest BCUT2D eigenvalue weighted by molar-refractivity contribution is 7.17. The Morgan fingerprint density at radius 2 is 1.85 bits per heavy atom. The summed E-state index contributed by atoms with van der Waals surface area (Å²) in [6, 6.07) is 10.5. The van der Waals surface area contributed by atoms with E-state index in [1.165, 1.54) is 19.2 Å². The molecule has 0 radical (unpaired) electrons. The number of anilines is 1. The first-order chi connectivity index (χ1) is 16.1. The number of methoxy groups -OCH3 is 1. The number of aromatic nitrogens is 1. The summed E-state index contributed by atoms with van der Waals surface area (Å²) in [5.41, 5.74) is 2.64. The first-order valence-electron chi connectivity index (χ1n) is 10.4. The van der Waals surface area contributed by atoms with Crippen molar-refractivity contribution in [3.05, 3.63) is 80.9 Å². The highest BCUT2D eigenvalue weighted by Gasteiger charge is 2.48. The molecule has 9 heteroatoms. The second kappa shape index (κ2) is 8.75. The quantitative estimate of drug-likeness (QED) is 0.250. The zero-order valence-electron chi connectivity index (χ0n) is 18.9. The fourth-order valence-corrected chi connectivity index (χ4v) is 4.96. The van der Waals surface area contributed by atoms with E-state index in [-0.39, 0.29) is 27.1 Å². The lowest BCUT2D eigenvalue weighted by Crippen LogP contribution is -2.29. The van der Waals surface area contributed by atoms with Gasteiger partial charge in [0.2, 0.25) is 0 Å². The van der Waals surface area contributed by atoms with Gasteiger partial charge in [-0.2, -0.15) is 0 Å². The predicted octanol–water partition coefficient (Wildman–Crippen LogP) is 4.19. The van der Waals surface area contributed by atoms with Crippen LogP contribution < -0.4 is 4.90 Å². The number of ketones is 1. The maximum absolute atomic E-state index is 13.3. The van der Waals surface area contributed by atoms with Gasteiger partial charge in [0.1, 0.15) is 16.4 Å². The smallest absolute Gasteiger partial charge is 0.350 e. The van der Waals surface area contributed by atoms with Gasteiger partial charge in [-0.05, 0) is 50.1 Å². The lowest BCUT2D eigenvalue weighted by molar-refractivity contribution is -0.132. The third kappa shape index (κ3) is 3.84. The SMILES string of the molecule is COC(=O)c1sc(N2C(=O)C(=O)/C(=C(/O)c3cc(C)ccc3C)C2c2cccc(O)c2)nc1C. The van der Waals surface area contributed by atoms with Crippen LogP contribution in [0, 0.1) is 20.8 Å². The number of phenolic OH excluding ortho intramolecular Hbond substituents is 1. The molecule has 2 N–H and O–H groups in total. The maximum Gasteiger partial charge on any atom is 0.350 e. The molecule has 0 bridgehead atoms. The number of amides is 1. The number of Topliss-reactive ketones (excluding diaryl/α,β-unsaturated/α-hetero) is 1. The van der Waals surface area contributed by atoms with E-state index in [0.29, 0.717) is 16.8 Å². The molecule has 0 saturated carbocycles. The van der Waals surface area contributed by atoms with Crippen LogP contribution in [0.4, 0.5) is 5.13 Å². The number of benzene rings is 2. The molecule has 1 fully saturated rings. The van der Waals surface area contributed by atoms with Gasteiger partial charge in [-0.1, -0.05) is 41.2 Å². The molecule has 1 amide bonds. The van der Waals surface area contributed by atoms with Crippen LogP contribution in [0.1, 0.15) is 43.7 Å². The number of rotatable bonds is 4. The molecule has 1 saturated heterocycles. The molecule has 0 spiro atoms. The van der Waals surface area contributed by atoms with Crippen LogP contribution in [-0.2, 0) is 14.3 Å². The molecule has 1 aliphatic rings. The molecule has 0 aliphatic carbocycles. The largest absolute Gasteiger partial charge is 0.508 e. The number of aliphatic hydroxyl groups is 1. The van der Waals surface area contributed by atoms with Crippen LogP contribution in [0.25, 0.3) is 5.76 Å². The summed E-state index contributed by atoms with van der Waals surface area (Å²) in [5, 5.41) is 21.5. The van der Waals surface area contributed by atoms with Crippen molar-refractivity contribution in [2.75, 3.05) is 12.0 Å². The highest BCUT2D eigenvalue weighted by Crippen LogP contribution is 2.44. The second-order valence-corrected chi connectivity index (χ2v) is 8.96. The summed E-state index contributed by atoms with van der Waals surface area (Å²) in [4.78, 5) is 44.3. The number of esters is 1. The van der Waals surface area contributed by atoms with Crippen LogP contribution in [0.3, 0.4) is 0 Å². The Kier molecular flexibility index (Phi) is 5.97. The average Bonchev–Trinajstić information content (AvgIpc) is 3.31. The van der Waals surface area contributed by atoms with Crippen LogP contribution in [-0.4, -0.2) is 40.0 Å². The number of hydrogen-bond donors (Lipinski definition) is 2. The minimum absolute atomic E-state index is 0.0691. The summed E-state index contributed by atoms with van der Waals surface area (Å²) >= 11 is 0.914. The summed E-state index contributed by atoms with van der Waals surface area (Å²) in [6.07, 6.45) is 0. The van der Waals surface area contributed by atoms with E-state index >= 15 is 0 Å². The van der Waals surface area contributed by atoms with Crippen molar-refractivity contribution in [1.82, 2.24) is 4.98 Å². The number of hydrogen-bond acceptors (Lipinski definition) is 8. The molecule has 1 unspecified atom stereocenters. The van der Waals surface area contributed by atoms with Gasteiger partial charge in [-0.15, -0.1) is 0 Å². The summed E-state index contributed by atoms with van der Waals surface area (Å²) in [6.45, 7) is 5.25. The van der Waals surface area contributed by atoms with E-state index in [1.807, 2.05) is 19.1 Å². The third-order valence-corrected chi connectivity index (χ3v) is 6.78. The van der Waals surface area contributed by atoms with Crippen LogP contribution in [0.5, 0.6) is 5.75 Å². The molecule has 1 atom stereocenters. The maximum atomic E-state index is 13.3. The van der Waals surface area contributed by atoms with Gasteiger partial charge in [0.05, 0.1) is 24.4 Å². The zero-order chi connectivity index (χ0) is 24.7. The van der Waals surface area contributed by atoms with E-state index in [2.05, 4.69) is 4.98 Å². The van der Waals surface area contributed by atoms with Crippen LogP contribution in [0.15, 0.2) is 48.0 Å². The number of aliphatic hydroxyl groups excluding tert-OH is 1. The fraction of sp³-hybridized carbons (Fsp3) is 0.200.